The van der Waals surface area contributed by atoms with E-state index in [1.54, 1.807) is 10.9 Å². The van der Waals surface area contributed by atoms with Crippen molar-refractivity contribution in [2.45, 2.75) is 44.7 Å². The molecule has 1 amide bonds. The Balaban J connectivity index is 1.49. The molecule has 1 aliphatic carbocycles. The van der Waals surface area contributed by atoms with Crippen LogP contribution in [0, 0.1) is 0 Å². The zero-order valence-electron chi connectivity index (χ0n) is 12.7. The zero-order chi connectivity index (χ0) is 16.2. The van der Waals surface area contributed by atoms with Crippen molar-refractivity contribution in [3.8, 4) is 0 Å². The van der Waals surface area contributed by atoms with Gasteiger partial charge in [0.05, 0.1) is 0 Å². The number of amides is 1. The van der Waals surface area contributed by atoms with Gasteiger partial charge in [-0.1, -0.05) is 0 Å². The number of rotatable bonds is 8. The average molecular weight is 323 g/mol. The minimum Gasteiger partial charge on any atom is -0.354 e. The highest BCUT2D eigenvalue weighted by molar-refractivity contribution is 5.75. The summed E-state index contributed by atoms with van der Waals surface area (Å²) in [5.41, 5.74) is 0.491. The van der Waals surface area contributed by atoms with Crippen molar-refractivity contribution in [1.29, 1.82) is 0 Å². The maximum absolute atomic E-state index is 12.8. The van der Waals surface area contributed by atoms with E-state index in [9.17, 15) is 13.6 Å². The van der Waals surface area contributed by atoms with Crippen LogP contribution >= 0.6 is 0 Å². The third-order valence-electron chi connectivity index (χ3n) is 3.79. The molecule has 0 unspecified atom stereocenters. The van der Waals surface area contributed by atoms with E-state index in [4.69, 9.17) is 0 Å². The number of hydrogen-bond acceptors (Lipinski definition) is 3. The minimum absolute atomic E-state index is 0.0136. The first-order valence-electron chi connectivity index (χ1n) is 7.73. The smallest absolute Gasteiger partial charge is 0.282 e. The molecule has 1 N–H and O–H groups in total. The van der Waals surface area contributed by atoms with E-state index in [0.29, 0.717) is 6.54 Å². The van der Waals surface area contributed by atoms with Crippen molar-refractivity contribution in [3.05, 3.63) is 35.9 Å². The normalized spacial score (nSPS) is 14.4. The van der Waals surface area contributed by atoms with E-state index in [2.05, 4.69) is 15.5 Å². The first kappa shape index (κ1) is 15.6. The molecule has 3 rings (SSSR count). The average Bonchev–Trinajstić information content (AvgIpc) is 3.06. The molecule has 1 aliphatic rings. The number of hydrogen-bond donors (Lipinski definition) is 1. The molecule has 0 aliphatic heterocycles. The molecule has 8 heteroatoms. The molecule has 0 radical (unpaired) electrons. The van der Waals surface area contributed by atoms with Gasteiger partial charge in [-0.2, -0.15) is 10.2 Å². The van der Waals surface area contributed by atoms with Crippen LogP contribution in [0.4, 0.5) is 8.78 Å². The molecule has 0 saturated heterocycles. The SMILES string of the molecule is O=C(Cn1nc(C(F)F)cc1C1CC1)NCCCn1cccn1. The van der Waals surface area contributed by atoms with Gasteiger partial charge in [-0.3, -0.25) is 14.2 Å². The first-order valence-corrected chi connectivity index (χ1v) is 7.73. The van der Waals surface area contributed by atoms with Crippen molar-refractivity contribution in [2.24, 2.45) is 0 Å². The number of aryl methyl sites for hydroxylation is 1. The predicted octanol–water partition coefficient (Wildman–Crippen LogP) is 2.10. The Labute approximate surface area is 132 Å². The van der Waals surface area contributed by atoms with E-state index in [0.717, 1.165) is 31.5 Å². The molecule has 124 valence electrons. The van der Waals surface area contributed by atoms with E-state index >= 15 is 0 Å². The van der Waals surface area contributed by atoms with Crippen LogP contribution in [0.2, 0.25) is 0 Å². The van der Waals surface area contributed by atoms with Crippen LogP contribution in [0.3, 0.4) is 0 Å². The Morgan fingerprint density at radius 3 is 2.91 bits per heavy atom. The van der Waals surface area contributed by atoms with Gasteiger partial charge in [-0.15, -0.1) is 0 Å². The van der Waals surface area contributed by atoms with Crippen LogP contribution in [-0.4, -0.2) is 32.0 Å². The van der Waals surface area contributed by atoms with Gasteiger partial charge in [0.2, 0.25) is 5.91 Å². The summed E-state index contributed by atoms with van der Waals surface area (Å²) in [6, 6.07) is 3.27. The second-order valence-corrected chi connectivity index (χ2v) is 5.70. The molecule has 1 fully saturated rings. The van der Waals surface area contributed by atoms with E-state index in [1.807, 2.05) is 12.3 Å². The zero-order valence-corrected chi connectivity index (χ0v) is 12.7. The number of carbonyl (C=O) groups excluding carboxylic acids is 1. The summed E-state index contributed by atoms with van der Waals surface area (Å²) < 4.78 is 28.8. The van der Waals surface area contributed by atoms with Crippen molar-refractivity contribution in [3.63, 3.8) is 0 Å². The Morgan fingerprint density at radius 1 is 1.43 bits per heavy atom. The molecule has 0 atom stereocenters. The van der Waals surface area contributed by atoms with Gasteiger partial charge in [0.1, 0.15) is 12.2 Å². The minimum atomic E-state index is -2.61. The lowest BCUT2D eigenvalue weighted by Crippen LogP contribution is -2.30. The largest absolute Gasteiger partial charge is 0.354 e. The number of aromatic nitrogens is 4. The summed E-state index contributed by atoms with van der Waals surface area (Å²) >= 11 is 0. The number of halogens is 2. The summed E-state index contributed by atoms with van der Waals surface area (Å²) in [4.78, 5) is 12.0. The summed E-state index contributed by atoms with van der Waals surface area (Å²) in [5, 5.41) is 10.7. The van der Waals surface area contributed by atoms with Gasteiger partial charge in [-0.25, -0.2) is 8.78 Å². The lowest BCUT2D eigenvalue weighted by Gasteiger charge is -2.08. The highest BCUT2D eigenvalue weighted by Crippen LogP contribution is 2.41. The Kier molecular flexibility index (Phi) is 4.68. The summed E-state index contributed by atoms with van der Waals surface area (Å²) in [6.07, 6.45) is 3.66. The van der Waals surface area contributed by atoms with Gasteiger partial charge in [0, 0.05) is 37.1 Å². The van der Waals surface area contributed by atoms with Crippen molar-refractivity contribution >= 4 is 5.91 Å². The fourth-order valence-electron chi connectivity index (χ4n) is 2.49. The third-order valence-corrected chi connectivity index (χ3v) is 3.79. The van der Waals surface area contributed by atoms with Crippen LogP contribution in [0.1, 0.15) is 43.0 Å². The molecule has 2 aromatic rings. The lowest BCUT2D eigenvalue weighted by molar-refractivity contribution is -0.121. The molecule has 6 nitrogen and oxygen atoms in total. The van der Waals surface area contributed by atoms with E-state index < -0.39 is 6.43 Å². The predicted molar refractivity (Wildman–Crippen MR) is 79.0 cm³/mol. The number of nitrogens with one attached hydrogen (secondary N) is 1. The number of nitrogens with zero attached hydrogens (tertiary/aromatic N) is 4. The Bertz CT molecular complexity index is 649. The monoisotopic (exact) mass is 323 g/mol. The van der Waals surface area contributed by atoms with Gasteiger partial charge in [-0.05, 0) is 31.4 Å². The van der Waals surface area contributed by atoms with Gasteiger partial charge >= 0.3 is 0 Å². The van der Waals surface area contributed by atoms with Crippen molar-refractivity contribution < 1.29 is 13.6 Å². The number of carbonyl (C=O) groups is 1. The third kappa shape index (κ3) is 4.14. The van der Waals surface area contributed by atoms with Crippen LogP contribution < -0.4 is 5.32 Å². The Morgan fingerprint density at radius 2 is 2.26 bits per heavy atom. The van der Waals surface area contributed by atoms with E-state index in [-0.39, 0.29) is 24.1 Å². The fourth-order valence-corrected chi connectivity index (χ4v) is 2.49. The summed E-state index contributed by atoms with van der Waals surface area (Å²) in [5.74, 6) is 0.0545. The fraction of sp³-hybridized carbons (Fsp3) is 0.533. The second-order valence-electron chi connectivity index (χ2n) is 5.70. The van der Waals surface area contributed by atoms with Gasteiger partial charge in [0.15, 0.2) is 0 Å². The molecule has 23 heavy (non-hydrogen) atoms. The van der Waals surface area contributed by atoms with Crippen LogP contribution in [0.15, 0.2) is 24.5 Å². The maximum Gasteiger partial charge on any atom is 0.282 e. The molecule has 2 aromatic heterocycles. The Hall–Kier alpha value is -2.25. The quantitative estimate of drug-likeness (QED) is 0.757. The van der Waals surface area contributed by atoms with Crippen LogP contribution in [0.5, 0.6) is 0 Å². The highest BCUT2D eigenvalue weighted by atomic mass is 19.3. The van der Waals surface area contributed by atoms with E-state index in [1.165, 1.54) is 10.7 Å². The van der Waals surface area contributed by atoms with Gasteiger partial charge < -0.3 is 5.32 Å². The maximum atomic E-state index is 12.8. The summed E-state index contributed by atoms with van der Waals surface area (Å²) in [6.45, 7) is 1.22. The molecule has 0 aromatic carbocycles. The molecular weight excluding hydrogens is 304 g/mol. The highest BCUT2D eigenvalue weighted by Gasteiger charge is 2.30. The first-order chi connectivity index (χ1) is 11.1. The molecule has 1 saturated carbocycles. The van der Waals surface area contributed by atoms with Crippen molar-refractivity contribution in [1.82, 2.24) is 24.9 Å². The van der Waals surface area contributed by atoms with Crippen molar-refractivity contribution in [2.75, 3.05) is 6.54 Å². The second kappa shape index (κ2) is 6.89. The standard InChI is InChI=1S/C15H19F2N5O/c16-15(17)12-9-13(11-3-4-11)22(20-12)10-14(23)18-5-1-7-21-8-2-6-19-21/h2,6,8-9,11,15H,1,3-5,7,10H2,(H,18,23). The number of alkyl halides is 2. The lowest BCUT2D eigenvalue weighted by atomic mass is 10.2. The molecule has 2 heterocycles. The van der Waals surface area contributed by atoms with Gasteiger partial charge in [0.25, 0.3) is 6.43 Å². The van der Waals surface area contributed by atoms with Crippen LogP contribution in [0.25, 0.3) is 0 Å². The summed E-state index contributed by atoms with van der Waals surface area (Å²) in [7, 11) is 0. The van der Waals surface area contributed by atoms with Crippen LogP contribution in [-0.2, 0) is 17.9 Å². The molecule has 0 bridgehead atoms. The molecule has 0 spiro atoms. The molecular formula is C15H19F2N5O. The topological polar surface area (TPSA) is 64.7 Å².